The zero-order valence-electron chi connectivity index (χ0n) is 18.9. The van der Waals surface area contributed by atoms with Crippen LogP contribution in [0.2, 0.25) is 0 Å². The molecule has 0 saturated heterocycles. The average molecular weight is 471 g/mol. The summed E-state index contributed by atoms with van der Waals surface area (Å²) in [7, 11) is 1.61. The van der Waals surface area contributed by atoms with E-state index in [1.165, 1.54) is 16.7 Å². The lowest BCUT2D eigenvalue weighted by molar-refractivity contribution is 0.0697. The quantitative estimate of drug-likeness (QED) is 0.218. The summed E-state index contributed by atoms with van der Waals surface area (Å²) >= 11 is 0. The Morgan fingerprint density at radius 1 is 0.914 bits per heavy atom. The number of nitrogens with zero attached hydrogens (tertiary/aromatic N) is 2. The average Bonchev–Trinajstić information content (AvgIpc) is 2.87. The number of carboxylic acid groups (broad SMARTS) is 1. The van der Waals surface area contributed by atoms with Gasteiger partial charge in [-0.1, -0.05) is 59.8 Å². The second-order valence-electron chi connectivity index (χ2n) is 8.20. The van der Waals surface area contributed by atoms with E-state index in [4.69, 9.17) is 5.11 Å². The molecule has 1 unspecified atom stereocenters. The number of aromatic carboxylic acids is 1. The van der Waals surface area contributed by atoms with Crippen LogP contribution in [-0.4, -0.2) is 26.6 Å². The van der Waals surface area contributed by atoms with Gasteiger partial charge in [0, 0.05) is 37.2 Å². The molecule has 4 aromatic rings. The van der Waals surface area contributed by atoms with Gasteiger partial charge < -0.3 is 14.9 Å². The minimum Gasteiger partial charge on any atom is -0.478 e. The highest BCUT2D eigenvalue weighted by Crippen LogP contribution is 2.33. The third kappa shape index (κ3) is 5.19. The number of benzene rings is 3. The molecule has 0 amide bonds. The summed E-state index contributed by atoms with van der Waals surface area (Å²) in [5.74, 6) is -1.81. The van der Waals surface area contributed by atoms with E-state index in [2.05, 4.69) is 5.16 Å². The Labute approximate surface area is 201 Å². The van der Waals surface area contributed by atoms with Crippen LogP contribution in [0.5, 0.6) is 0 Å². The number of pyridine rings is 1. The Hall–Kier alpha value is -4.52. The fraction of sp³-hybridized carbons (Fsp3) is 0.107. The van der Waals surface area contributed by atoms with E-state index in [1.807, 2.05) is 24.3 Å². The smallest absolute Gasteiger partial charge is 0.335 e. The first kappa shape index (κ1) is 23.6. The first-order valence-electron chi connectivity index (χ1n) is 10.9. The molecule has 3 aromatic carbocycles. The zero-order chi connectivity index (χ0) is 24.9. The van der Waals surface area contributed by atoms with Crippen molar-refractivity contribution in [2.75, 3.05) is 0 Å². The highest BCUT2D eigenvalue weighted by Gasteiger charge is 2.22. The van der Waals surface area contributed by atoms with Crippen LogP contribution in [0, 0.1) is 5.82 Å². The van der Waals surface area contributed by atoms with Gasteiger partial charge in [0.25, 0.3) is 0 Å². The van der Waals surface area contributed by atoms with Crippen LogP contribution in [0.4, 0.5) is 4.39 Å². The van der Waals surface area contributed by atoms with Crippen molar-refractivity contribution >= 4 is 11.7 Å². The first-order chi connectivity index (χ1) is 16.9. The summed E-state index contributed by atoms with van der Waals surface area (Å²) in [5.41, 5.74) is 3.90. The van der Waals surface area contributed by atoms with Crippen molar-refractivity contribution in [2.24, 2.45) is 12.2 Å². The first-order valence-corrected chi connectivity index (χ1v) is 10.9. The Kier molecular flexibility index (Phi) is 6.87. The Balaban J connectivity index is 1.70. The van der Waals surface area contributed by atoms with Crippen LogP contribution >= 0.6 is 0 Å². The number of aromatic nitrogens is 1. The summed E-state index contributed by atoms with van der Waals surface area (Å²) < 4.78 is 16.2. The van der Waals surface area contributed by atoms with E-state index in [9.17, 15) is 19.2 Å². The van der Waals surface area contributed by atoms with Gasteiger partial charge in [0.15, 0.2) is 0 Å². The molecule has 176 valence electrons. The molecule has 0 spiro atoms. The molecule has 1 aromatic heterocycles. The second-order valence-corrected chi connectivity index (χ2v) is 8.20. The van der Waals surface area contributed by atoms with Crippen molar-refractivity contribution in [3.05, 3.63) is 130 Å². The molecule has 7 heteroatoms. The molecule has 0 aliphatic heterocycles. The lowest BCUT2D eigenvalue weighted by Gasteiger charge is -2.20. The molecule has 0 fully saturated rings. The number of rotatable bonds is 7. The topological polar surface area (TPSA) is 91.9 Å². The van der Waals surface area contributed by atoms with E-state index >= 15 is 0 Å². The van der Waals surface area contributed by atoms with Crippen molar-refractivity contribution in [3.8, 4) is 11.1 Å². The van der Waals surface area contributed by atoms with Crippen LogP contribution in [-0.2, 0) is 7.05 Å². The molecule has 6 nitrogen and oxygen atoms in total. The molecule has 2 N–H and O–H groups in total. The molecule has 0 aliphatic carbocycles. The lowest BCUT2D eigenvalue weighted by atomic mass is 9.84. The largest absolute Gasteiger partial charge is 0.478 e. The van der Waals surface area contributed by atoms with E-state index in [-0.39, 0.29) is 23.4 Å². The molecule has 4 rings (SSSR count). The number of carbonyl (C=O) groups is 1. The zero-order valence-corrected chi connectivity index (χ0v) is 18.9. The van der Waals surface area contributed by atoms with Crippen molar-refractivity contribution in [1.82, 2.24) is 4.57 Å². The van der Waals surface area contributed by atoms with Gasteiger partial charge in [0.05, 0.1) is 11.3 Å². The monoisotopic (exact) mass is 470 g/mol. The summed E-state index contributed by atoms with van der Waals surface area (Å²) in [5, 5.41) is 22.3. The standard InChI is InChI=1S/C28H23FN2O4/c1-31-17-22(14-15-27(31)32)26(30-35)16-24(23-4-2-3-5-25(23)29)20-10-6-18(7-11-20)19-8-12-21(13-9-19)28(33)34/h2-15,17,24,35H,16H2,1H3,(H,33,34)/b30-26+. The third-order valence-corrected chi connectivity index (χ3v) is 6.00. The highest BCUT2D eigenvalue weighted by atomic mass is 19.1. The van der Waals surface area contributed by atoms with Crippen LogP contribution in [0.25, 0.3) is 11.1 Å². The molecule has 0 radical (unpaired) electrons. The fourth-order valence-corrected chi connectivity index (χ4v) is 4.05. The number of oxime groups is 1. The van der Waals surface area contributed by atoms with Gasteiger partial charge in [-0.15, -0.1) is 0 Å². The Morgan fingerprint density at radius 3 is 2.09 bits per heavy atom. The predicted molar refractivity (Wildman–Crippen MR) is 132 cm³/mol. The van der Waals surface area contributed by atoms with Crippen molar-refractivity contribution in [2.45, 2.75) is 12.3 Å². The Morgan fingerprint density at radius 2 is 1.51 bits per heavy atom. The van der Waals surface area contributed by atoms with Gasteiger partial charge in [-0.3, -0.25) is 4.79 Å². The Bertz CT molecular complexity index is 1440. The molecule has 0 saturated carbocycles. The van der Waals surface area contributed by atoms with Crippen LogP contribution in [0.15, 0.2) is 101 Å². The van der Waals surface area contributed by atoms with Gasteiger partial charge >= 0.3 is 5.97 Å². The summed E-state index contributed by atoms with van der Waals surface area (Å²) in [4.78, 5) is 22.9. The number of halogens is 1. The number of carboxylic acids is 1. The van der Waals surface area contributed by atoms with E-state index in [0.717, 1.165) is 16.7 Å². The van der Waals surface area contributed by atoms with Crippen molar-refractivity contribution in [1.29, 1.82) is 0 Å². The summed E-state index contributed by atoms with van der Waals surface area (Å²) in [6.45, 7) is 0. The van der Waals surface area contributed by atoms with Gasteiger partial charge in [-0.2, -0.15) is 0 Å². The SMILES string of the molecule is Cn1cc(/C(CC(c2ccc(-c3ccc(C(=O)O)cc3)cc2)c2ccccc2F)=N/O)ccc1=O. The summed E-state index contributed by atoms with van der Waals surface area (Å²) in [6, 6.07) is 23.6. The van der Waals surface area contributed by atoms with E-state index in [1.54, 1.807) is 61.8 Å². The fourth-order valence-electron chi connectivity index (χ4n) is 4.05. The number of hydrogen-bond acceptors (Lipinski definition) is 4. The van der Waals surface area contributed by atoms with Gasteiger partial charge in [-0.05, 0) is 46.5 Å². The van der Waals surface area contributed by atoms with Crippen LogP contribution in [0.3, 0.4) is 0 Å². The van der Waals surface area contributed by atoms with Crippen LogP contribution < -0.4 is 5.56 Å². The molecule has 1 atom stereocenters. The molecule has 35 heavy (non-hydrogen) atoms. The number of aryl methyl sites for hydroxylation is 1. The minimum absolute atomic E-state index is 0.191. The maximum Gasteiger partial charge on any atom is 0.335 e. The molecule has 0 aliphatic rings. The molecular formula is C28H23FN2O4. The maximum absolute atomic E-state index is 14.9. The molecule has 0 bridgehead atoms. The number of hydrogen-bond donors (Lipinski definition) is 2. The van der Waals surface area contributed by atoms with E-state index in [0.29, 0.717) is 16.8 Å². The third-order valence-electron chi connectivity index (χ3n) is 6.00. The molecule has 1 heterocycles. The lowest BCUT2D eigenvalue weighted by Crippen LogP contribution is -2.18. The second kappa shape index (κ2) is 10.2. The predicted octanol–water partition coefficient (Wildman–Crippen LogP) is 5.29. The summed E-state index contributed by atoms with van der Waals surface area (Å²) in [6.07, 6.45) is 1.78. The van der Waals surface area contributed by atoms with Crippen molar-refractivity contribution < 1.29 is 19.5 Å². The van der Waals surface area contributed by atoms with Crippen LogP contribution in [0.1, 0.15) is 39.4 Å². The van der Waals surface area contributed by atoms with E-state index < -0.39 is 11.9 Å². The normalized spacial score (nSPS) is 12.3. The highest BCUT2D eigenvalue weighted by molar-refractivity contribution is 6.00. The van der Waals surface area contributed by atoms with Gasteiger partial charge in [0.1, 0.15) is 5.82 Å². The minimum atomic E-state index is -0.987. The van der Waals surface area contributed by atoms with Gasteiger partial charge in [0.2, 0.25) is 5.56 Å². The maximum atomic E-state index is 14.9. The van der Waals surface area contributed by atoms with Gasteiger partial charge in [-0.25, -0.2) is 9.18 Å². The molecular weight excluding hydrogens is 447 g/mol. The van der Waals surface area contributed by atoms with Crippen molar-refractivity contribution in [3.63, 3.8) is 0 Å².